The molecule has 5 heteroatoms. The fourth-order valence-electron chi connectivity index (χ4n) is 3.60. The number of hydrogen-bond acceptors (Lipinski definition) is 2. The van der Waals surface area contributed by atoms with Crippen LogP contribution in [-0.4, -0.2) is 29.9 Å². The number of piperidine rings is 1. The van der Waals surface area contributed by atoms with Gasteiger partial charge in [0.05, 0.1) is 0 Å². The summed E-state index contributed by atoms with van der Waals surface area (Å²) >= 11 is 6.26. The summed E-state index contributed by atoms with van der Waals surface area (Å²) in [7, 11) is 0. The van der Waals surface area contributed by atoms with Crippen LogP contribution >= 0.6 is 11.6 Å². The Bertz CT molecular complexity index is 750. The van der Waals surface area contributed by atoms with Gasteiger partial charge in [-0.15, -0.1) is 0 Å². The molecule has 3 nitrogen and oxygen atoms in total. The molecule has 0 radical (unpaired) electrons. The third-order valence-electron chi connectivity index (χ3n) is 5.10. The third-order valence-corrected chi connectivity index (χ3v) is 5.47. The van der Waals surface area contributed by atoms with Crippen molar-refractivity contribution in [1.29, 1.82) is 0 Å². The number of halogens is 2. The van der Waals surface area contributed by atoms with Crippen molar-refractivity contribution in [3.8, 4) is 0 Å². The van der Waals surface area contributed by atoms with Crippen molar-refractivity contribution in [3.63, 3.8) is 0 Å². The van der Waals surface area contributed by atoms with E-state index in [-0.39, 0.29) is 23.7 Å². The van der Waals surface area contributed by atoms with E-state index < -0.39 is 0 Å². The fourth-order valence-corrected chi connectivity index (χ4v) is 3.80. The van der Waals surface area contributed by atoms with E-state index >= 15 is 0 Å². The first-order valence-corrected chi connectivity index (χ1v) is 9.37. The first-order chi connectivity index (χ1) is 12.5. The van der Waals surface area contributed by atoms with E-state index in [2.05, 4.69) is 5.32 Å². The van der Waals surface area contributed by atoms with Crippen LogP contribution in [0.25, 0.3) is 0 Å². The predicted octanol–water partition coefficient (Wildman–Crippen LogP) is 4.05. The number of benzene rings is 2. The molecule has 3 rings (SSSR count). The zero-order valence-electron chi connectivity index (χ0n) is 14.9. The molecule has 0 saturated carbocycles. The maximum atomic E-state index is 13.2. The van der Waals surface area contributed by atoms with Crippen molar-refractivity contribution in [2.75, 3.05) is 13.1 Å². The van der Waals surface area contributed by atoms with Crippen molar-refractivity contribution in [2.24, 2.45) is 5.92 Å². The van der Waals surface area contributed by atoms with Gasteiger partial charge in [-0.1, -0.05) is 41.9 Å². The van der Waals surface area contributed by atoms with Crippen LogP contribution in [0.1, 0.15) is 24.5 Å². The molecule has 2 atom stereocenters. The highest BCUT2D eigenvalue weighted by molar-refractivity contribution is 6.31. The lowest BCUT2D eigenvalue weighted by atomic mass is 9.86. The average molecular weight is 375 g/mol. The Kier molecular flexibility index (Phi) is 6.28. The maximum Gasteiger partial charge on any atom is 0.219 e. The molecule has 0 bridgehead atoms. The molecule has 1 amide bonds. The normalized spacial score (nSPS) is 20.2. The highest BCUT2D eigenvalue weighted by atomic mass is 35.5. The van der Waals surface area contributed by atoms with Crippen LogP contribution in [0.4, 0.5) is 4.39 Å². The molecule has 138 valence electrons. The van der Waals surface area contributed by atoms with Gasteiger partial charge in [0, 0.05) is 37.6 Å². The van der Waals surface area contributed by atoms with Crippen molar-refractivity contribution in [2.45, 2.75) is 32.4 Å². The molecule has 1 heterocycles. The summed E-state index contributed by atoms with van der Waals surface area (Å²) in [6, 6.07) is 14.8. The molecular weight excluding hydrogens is 351 g/mol. The van der Waals surface area contributed by atoms with E-state index in [0.29, 0.717) is 13.1 Å². The Morgan fingerprint density at radius 1 is 1.23 bits per heavy atom. The number of nitrogens with one attached hydrogen (secondary N) is 1. The lowest BCUT2D eigenvalue weighted by Crippen LogP contribution is -2.51. The molecule has 1 fully saturated rings. The van der Waals surface area contributed by atoms with Crippen molar-refractivity contribution in [3.05, 3.63) is 70.5 Å². The number of carbonyl (C=O) groups excluding carboxylic acids is 1. The summed E-state index contributed by atoms with van der Waals surface area (Å²) in [6.07, 6.45) is 1.71. The van der Waals surface area contributed by atoms with E-state index in [9.17, 15) is 9.18 Å². The van der Waals surface area contributed by atoms with Crippen LogP contribution in [0.15, 0.2) is 48.5 Å². The molecule has 1 aliphatic rings. The van der Waals surface area contributed by atoms with Crippen molar-refractivity contribution in [1.82, 2.24) is 10.2 Å². The third kappa shape index (κ3) is 4.83. The largest absolute Gasteiger partial charge is 0.343 e. The summed E-state index contributed by atoms with van der Waals surface area (Å²) in [6.45, 7) is 3.79. The number of nitrogens with zero attached hydrogens (tertiary/aromatic N) is 1. The second-order valence-electron chi connectivity index (χ2n) is 6.92. The van der Waals surface area contributed by atoms with Crippen LogP contribution < -0.4 is 5.32 Å². The van der Waals surface area contributed by atoms with E-state index in [0.717, 1.165) is 35.5 Å². The Morgan fingerprint density at radius 3 is 2.65 bits per heavy atom. The zero-order valence-corrected chi connectivity index (χ0v) is 15.7. The van der Waals surface area contributed by atoms with Crippen LogP contribution in [0.5, 0.6) is 0 Å². The topological polar surface area (TPSA) is 32.3 Å². The summed E-state index contributed by atoms with van der Waals surface area (Å²) in [5.74, 6) is 0.162. The van der Waals surface area contributed by atoms with Gasteiger partial charge in [-0.25, -0.2) is 4.39 Å². The number of amides is 1. The highest BCUT2D eigenvalue weighted by Gasteiger charge is 2.30. The molecule has 26 heavy (non-hydrogen) atoms. The summed E-state index contributed by atoms with van der Waals surface area (Å²) in [5.41, 5.74) is 2.16. The predicted molar refractivity (Wildman–Crippen MR) is 103 cm³/mol. The quantitative estimate of drug-likeness (QED) is 0.856. The van der Waals surface area contributed by atoms with E-state index in [1.807, 2.05) is 41.3 Å². The van der Waals surface area contributed by atoms with Gasteiger partial charge < -0.3 is 10.2 Å². The Morgan fingerprint density at radius 2 is 1.96 bits per heavy atom. The summed E-state index contributed by atoms with van der Waals surface area (Å²) < 4.78 is 13.2. The first-order valence-electron chi connectivity index (χ1n) is 8.99. The molecule has 1 aliphatic heterocycles. The Labute approximate surface area is 159 Å². The number of carbonyl (C=O) groups is 1. The van der Waals surface area contributed by atoms with E-state index in [1.165, 1.54) is 12.1 Å². The fraction of sp³-hybridized carbons (Fsp3) is 0.381. The molecule has 0 spiro atoms. The minimum Gasteiger partial charge on any atom is -0.343 e. The minimum absolute atomic E-state index is 0.110. The SMILES string of the molecule is CC(=O)N1CC[C@H](NCc2ccccc2Cl)[C@H](Cc2ccc(F)cc2)C1. The molecule has 1 N–H and O–H groups in total. The van der Waals surface area contributed by atoms with Gasteiger partial charge in [0.2, 0.25) is 5.91 Å². The summed E-state index contributed by atoms with van der Waals surface area (Å²) in [4.78, 5) is 13.7. The van der Waals surface area contributed by atoms with E-state index in [1.54, 1.807) is 6.92 Å². The standard InChI is InChI=1S/C21H24ClFN2O/c1-15(26)25-11-10-21(24-13-17-4-2-3-5-20(17)22)18(14-25)12-16-6-8-19(23)9-7-16/h2-9,18,21,24H,10-14H2,1H3/t18-,21+/m1/s1. The summed E-state index contributed by atoms with van der Waals surface area (Å²) in [5, 5.41) is 4.38. The Hall–Kier alpha value is -1.91. The highest BCUT2D eigenvalue weighted by Crippen LogP contribution is 2.23. The second-order valence-corrected chi connectivity index (χ2v) is 7.33. The van der Waals surface area contributed by atoms with Gasteiger partial charge in [-0.3, -0.25) is 4.79 Å². The van der Waals surface area contributed by atoms with Gasteiger partial charge in [0.1, 0.15) is 5.82 Å². The van der Waals surface area contributed by atoms with Gasteiger partial charge in [-0.05, 0) is 48.1 Å². The Balaban J connectivity index is 1.69. The molecule has 0 unspecified atom stereocenters. The minimum atomic E-state index is -0.226. The molecule has 1 saturated heterocycles. The van der Waals surface area contributed by atoms with Gasteiger partial charge in [0.25, 0.3) is 0 Å². The van der Waals surface area contributed by atoms with Gasteiger partial charge in [-0.2, -0.15) is 0 Å². The second kappa shape index (κ2) is 8.65. The van der Waals surface area contributed by atoms with Crippen molar-refractivity contribution >= 4 is 17.5 Å². The monoisotopic (exact) mass is 374 g/mol. The molecular formula is C21H24ClFN2O. The lowest BCUT2D eigenvalue weighted by molar-refractivity contribution is -0.131. The number of likely N-dealkylation sites (tertiary alicyclic amines) is 1. The van der Waals surface area contributed by atoms with E-state index in [4.69, 9.17) is 11.6 Å². The number of hydrogen-bond donors (Lipinski definition) is 1. The van der Waals surface area contributed by atoms with Gasteiger partial charge >= 0.3 is 0 Å². The molecule has 2 aromatic carbocycles. The maximum absolute atomic E-state index is 13.2. The van der Waals surface area contributed by atoms with Crippen LogP contribution in [0.3, 0.4) is 0 Å². The molecule has 0 aromatic heterocycles. The van der Waals surface area contributed by atoms with Crippen LogP contribution in [0.2, 0.25) is 5.02 Å². The van der Waals surface area contributed by atoms with Crippen LogP contribution in [-0.2, 0) is 17.8 Å². The average Bonchev–Trinajstić information content (AvgIpc) is 2.63. The van der Waals surface area contributed by atoms with Crippen LogP contribution in [0, 0.1) is 11.7 Å². The smallest absolute Gasteiger partial charge is 0.219 e. The zero-order chi connectivity index (χ0) is 18.5. The lowest BCUT2D eigenvalue weighted by Gasteiger charge is -2.39. The molecule has 2 aromatic rings. The first kappa shape index (κ1) is 18.9. The van der Waals surface area contributed by atoms with Gasteiger partial charge in [0.15, 0.2) is 0 Å². The van der Waals surface area contributed by atoms with Crippen molar-refractivity contribution < 1.29 is 9.18 Å². The number of rotatable bonds is 5. The molecule has 0 aliphatic carbocycles.